The Balaban J connectivity index is 2.28. The highest BCUT2D eigenvalue weighted by Crippen LogP contribution is 2.29. The van der Waals surface area contributed by atoms with Crippen molar-refractivity contribution in [2.24, 2.45) is 0 Å². The average Bonchev–Trinajstić information content (AvgIpc) is 2.75. The van der Waals surface area contributed by atoms with E-state index in [9.17, 15) is 14.9 Å². The van der Waals surface area contributed by atoms with E-state index in [-0.39, 0.29) is 16.4 Å². The molecule has 1 aromatic heterocycles. The maximum Gasteiger partial charge on any atom is 0.294 e. The van der Waals surface area contributed by atoms with Crippen LogP contribution in [0.4, 0.5) is 11.4 Å². The molecule has 1 atom stereocenters. The number of halogens is 2. The van der Waals surface area contributed by atoms with Crippen molar-refractivity contribution in [3.8, 4) is 0 Å². The number of hydrogen-bond donors (Lipinski definition) is 1. The summed E-state index contributed by atoms with van der Waals surface area (Å²) in [4.78, 5) is 22.8. The van der Waals surface area contributed by atoms with Crippen molar-refractivity contribution >= 4 is 40.5 Å². The van der Waals surface area contributed by atoms with Gasteiger partial charge in [0.15, 0.2) is 0 Å². The highest BCUT2D eigenvalue weighted by Gasteiger charge is 2.23. The highest BCUT2D eigenvalue weighted by molar-refractivity contribution is 6.32. The van der Waals surface area contributed by atoms with Crippen LogP contribution in [-0.2, 0) is 4.79 Å². The Morgan fingerprint density at radius 2 is 2.04 bits per heavy atom. The van der Waals surface area contributed by atoms with Gasteiger partial charge in [0.2, 0.25) is 5.91 Å². The number of aryl methyl sites for hydroxylation is 1. The lowest BCUT2D eigenvalue weighted by Crippen LogP contribution is -2.25. The molecule has 1 N–H and O–H groups in total. The van der Waals surface area contributed by atoms with Crippen LogP contribution in [0.3, 0.4) is 0 Å². The number of amides is 1. The molecule has 0 aliphatic heterocycles. The molecule has 0 aliphatic carbocycles. The number of hydrogen-bond acceptors (Lipinski definition) is 4. The SMILES string of the molecule is Cc1nn(C(C)C(=O)Nc2ccc(Cl)cc2[N+](=O)[O-])c(C)c1Cl. The second-order valence-corrected chi connectivity index (χ2v) is 5.83. The van der Waals surface area contributed by atoms with E-state index in [4.69, 9.17) is 23.2 Å². The first-order valence-corrected chi connectivity index (χ1v) is 7.44. The number of nitrogens with one attached hydrogen (secondary N) is 1. The Kier molecular flexibility index (Phi) is 4.91. The standard InChI is InChI=1S/C14H14Cl2N4O3/c1-7-13(16)8(2)19(18-7)9(3)14(21)17-11-5-4-10(15)6-12(11)20(22)23/h4-6,9H,1-3H3,(H,17,21). The lowest BCUT2D eigenvalue weighted by Gasteiger charge is -2.14. The lowest BCUT2D eigenvalue weighted by atomic mass is 10.2. The molecule has 0 spiro atoms. The number of nitro benzene ring substituents is 1. The van der Waals surface area contributed by atoms with Crippen LogP contribution in [0.2, 0.25) is 10.0 Å². The zero-order valence-corrected chi connectivity index (χ0v) is 14.1. The van der Waals surface area contributed by atoms with Gasteiger partial charge in [-0.3, -0.25) is 19.6 Å². The minimum absolute atomic E-state index is 0.0730. The lowest BCUT2D eigenvalue weighted by molar-refractivity contribution is -0.383. The first-order valence-electron chi connectivity index (χ1n) is 6.68. The van der Waals surface area contributed by atoms with E-state index < -0.39 is 16.9 Å². The molecule has 122 valence electrons. The normalized spacial score (nSPS) is 12.0. The number of carbonyl (C=O) groups is 1. The van der Waals surface area contributed by atoms with E-state index in [0.29, 0.717) is 16.4 Å². The number of nitrogens with zero attached hydrogens (tertiary/aromatic N) is 3. The van der Waals surface area contributed by atoms with E-state index in [0.717, 1.165) is 0 Å². The molecule has 0 bridgehead atoms. The fourth-order valence-electron chi connectivity index (χ4n) is 2.13. The van der Waals surface area contributed by atoms with Crippen LogP contribution in [0.1, 0.15) is 24.4 Å². The third-order valence-corrected chi connectivity index (χ3v) is 4.18. The fraction of sp³-hybridized carbons (Fsp3) is 0.286. The largest absolute Gasteiger partial charge is 0.319 e. The van der Waals surface area contributed by atoms with Gasteiger partial charge < -0.3 is 5.32 Å². The number of rotatable bonds is 4. The molecule has 1 aromatic carbocycles. The van der Waals surface area contributed by atoms with Gasteiger partial charge in [-0.2, -0.15) is 5.10 Å². The third-order valence-electron chi connectivity index (χ3n) is 3.40. The Morgan fingerprint density at radius 1 is 1.39 bits per heavy atom. The Labute approximate surface area is 142 Å². The summed E-state index contributed by atoms with van der Waals surface area (Å²) in [6.45, 7) is 5.12. The van der Waals surface area contributed by atoms with Crippen molar-refractivity contribution in [3.05, 3.63) is 49.7 Å². The van der Waals surface area contributed by atoms with Gasteiger partial charge in [0, 0.05) is 11.1 Å². The smallest absolute Gasteiger partial charge is 0.294 e. The summed E-state index contributed by atoms with van der Waals surface area (Å²) in [7, 11) is 0. The maximum atomic E-state index is 12.4. The minimum atomic E-state index is -0.684. The third kappa shape index (κ3) is 3.46. The summed E-state index contributed by atoms with van der Waals surface area (Å²) < 4.78 is 1.48. The van der Waals surface area contributed by atoms with Gasteiger partial charge in [0.1, 0.15) is 11.7 Å². The van der Waals surface area contributed by atoms with Crippen LogP contribution >= 0.6 is 23.2 Å². The van der Waals surface area contributed by atoms with Gasteiger partial charge in [0.05, 0.1) is 21.3 Å². The van der Waals surface area contributed by atoms with Crippen LogP contribution in [0.15, 0.2) is 18.2 Å². The van der Waals surface area contributed by atoms with Gasteiger partial charge in [-0.15, -0.1) is 0 Å². The van der Waals surface area contributed by atoms with Crippen molar-refractivity contribution < 1.29 is 9.72 Å². The van der Waals surface area contributed by atoms with Gasteiger partial charge in [-0.1, -0.05) is 23.2 Å². The number of benzene rings is 1. The summed E-state index contributed by atoms with van der Waals surface area (Å²) in [6, 6.07) is 3.35. The number of anilines is 1. The molecular formula is C14H14Cl2N4O3. The molecule has 1 heterocycles. The van der Waals surface area contributed by atoms with Crippen molar-refractivity contribution in [2.45, 2.75) is 26.8 Å². The summed E-state index contributed by atoms with van der Waals surface area (Å²) >= 11 is 11.8. The molecular weight excluding hydrogens is 343 g/mol. The summed E-state index contributed by atoms with van der Waals surface area (Å²) in [6.07, 6.45) is 0. The van der Waals surface area contributed by atoms with Crippen LogP contribution in [0, 0.1) is 24.0 Å². The predicted octanol–water partition coefficient (Wildman–Crippen LogP) is 3.91. The molecule has 2 aromatic rings. The zero-order valence-electron chi connectivity index (χ0n) is 12.6. The topological polar surface area (TPSA) is 90.1 Å². The van der Waals surface area contributed by atoms with Crippen LogP contribution < -0.4 is 5.32 Å². The summed E-state index contributed by atoms with van der Waals surface area (Å²) in [5.74, 6) is -0.447. The molecule has 23 heavy (non-hydrogen) atoms. The van der Waals surface area contributed by atoms with E-state index in [1.165, 1.54) is 22.9 Å². The molecule has 0 saturated heterocycles. The highest BCUT2D eigenvalue weighted by atomic mass is 35.5. The number of carbonyl (C=O) groups excluding carboxylic acids is 1. The van der Waals surface area contributed by atoms with Gasteiger partial charge in [-0.05, 0) is 32.9 Å². The summed E-state index contributed by atoms with van der Waals surface area (Å²) in [5.41, 5.74) is 1.06. The molecule has 1 unspecified atom stereocenters. The zero-order chi connectivity index (χ0) is 17.3. The van der Waals surface area contributed by atoms with Crippen molar-refractivity contribution in [1.82, 2.24) is 9.78 Å². The van der Waals surface area contributed by atoms with Crippen molar-refractivity contribution in [2.75, 3.05) is 5.32 Å². The molecule has 0 aliphatic rings. The fourth-order valence-corrected chi connectivity index (χ4v) is 2.42. The second kappa shape index (κ2) is 6.55. The molecule has 2 rings (SSSR count). The Hall–Kier alpha value is -2.12. The van der Waals surface area contributed by atoms with E-state index >= 15 is 0 Å². The molecule has 0 fully saturated rings. The van der Waals surface area contributed by atoms with Gasteiger partial charge in [-0.25, -0.2) is 0 Å². The summed E-state index contributed by atoms with van der Waals surface area (Å²) in [5, 5.41) is 18.5. The predicted molar refractivity (Wildman–Crippen MR) is 88.2 cm³/mol. The van der Waals surface area contributed by atoms with Gasteiger partial charge in [0.25, 0.3) is 5.69 Å². The second-order valence-electron chi connectivity index (χ2n) is 5.01. The Bertz CT molecular complexity index is 789. The van der Waals surface area contributed by atoms with Crippen molar-refractivity contribution in [3.63, 3.8) is 0 Å². The van der Waals surface area contributed by atoms with Crippen LogP contribution in [-0.4, -0.2) is 20.6 Å². The van der Waals surface area contributed by atoms with Crippen molar-refractivity contribution in [1.29, 1.82) is 0 Å². The Morgan fingerprint density at radius 3 is 2.57 bits per heavy atom. The number of nitro groups is 1. The van der Waals surface area contributed by atoms with E-state index in [2.05, 4.69) is 10.4 Å². The molecule has 0 radical (unpaired) electrons. The molecule has 0 saturated carbocycles. The van der Waals surface area contributed by atoms with E-state index in [1.807, 2.05) is 0 Å². The first kappa shape index (κ1) is 17.2. The number of aromatic nitrogens is 2. The van der Waals surface area contributed by atoms with Crippen LogP contribution in [0.25, 0.3) is 0 Å². The monoisotopic (exact) mass is 356 g/mol. The maximum absolute atomic E-state index is 12.4. The van der Waals surface area contributed by atoms with E-state index in [1.54, 1.807) is 20.8 Å². The first-order chi connectivity index (χ1) is 10.7. The minimum Gasteiger partial charge on any atom is -0.319 e. The van der Waals surface area contributed by atoms with Crippen LogP contribution in [0.5, 0.6) is 0 Å². The quantitative estimate of drug-likeness (QED) is 0.663. The molecule has 9 heteroatoms. The van der Waals surface area contributed by atoms with Gasteiger partial charge >= 0.3 is 0 Å². The molecule has 7 nitrogen and oxygen atoms in total. The molecule has 1 amide bonds. The average molecular weight is 357 g/mol.